The normalized spacial score (nSPS) is 23.8. The largest absolute Gasteiger partial charge is 0.321 e. The molecular formula is C15H18N2O. The van der Waals surface area contributed by atoms with Crippen LogP contribution in [0.1, 0.15) is 42.4 Å². The van der Waals surface area contributed by atoms with Gasteiger partial charge in [0.05, 0.1) is 5.69 Å². The monoisotopic (exact) mass is 242 g/mol. The van der Waals surface area contributed by atoms with Crippen LogP contribution in [0.15, 0.2) is 12.1 Å². The predicted molar refractivity (Wildman–Crippen MR) is 70.5 cm³/mol. The van der Waals surface area contributed by atoms with Crippen LogP contribution in [0.3, 0.4) is 0 Å². The molecule has 94 valence electrons. The molecule has 0 bridgehead atoms. The molecule has 2 aliphatic heterocycles. The average molecular weight is 242 g/mol. The molecule has 0 unspecified atom stereocenters. The van der Waals surface area contributed by atoms with Gasteiger partial charge in [0.25, 0.3) is 0 Å². The third-order valence-corrected chi connectivity index (χ3v) is 4.64. The zero-order valence-corrected chi connectivity index (χ0v) is 10.5. The molecule has 2 N–H and O–H groups in total. The molecule has 2 heterocycles. The first-order valence-electron chi connectivity index (χ1n) is 6.93. The Bertz CT molecular complexity index is 528. The van der Waals surface area contributed by atoms with Crippen LogP contribution in [0, 0.1) is 0 Å². The van der Waals surface area contributed by atoms with E-state index in [4.69, 9.17) is 5.73 Å². The summed E-state index contributed by atoms with van der Waals surface area (Å²) in [7, 11) is 0. The lowest BCUT2D eigenvalue weighted by Crippen LogP contribution is -2.39. The molecule has 1 amide bonds. The predicted octanol–water partition coefficient (Wildman–Crippen LogP) is 1.86. The molecule has 0 radical (unpaired) electrons. The van der Waals surface area contributed by atoms with E-state index < -0.39 is 0 Å². The average Bonchev–Trinajstić information content (AvgIpc) is 3.13. The lowest BCUT2D eigenvalue weighted by molar-refractivity contribution is -0.119. The summed E-state index contributed by atoms with van der Waals surface area (Å²) >= 11 is 0. The Morgan fingerprint density at radius 3 is 2.56 bits per heavy atom. The third-order valence-electron chi connectivity index (χ3n) is 4.64. The second kappa shape index (κ2) is 3.35. The van der Waals surface area contributed by atoms with Gasteiger partial charge in [-0.1, -0.05) is 12.1 Å². The van der Waals surface area contributed by atoms with Gasteiger partial charge in [0, 0.05) is 18.5 Å². The smallest absolute Gasteiger partial charge is 0.227 e. The van der Waals surface area contributed by atoms with Crippen LogP contribution in [0.5, 0.6) is 0 Å². The third kappa shape index (κ3) is 1.37. The number of hydrogen-bond donors (Lipinski definition) is 1. The van der Waals surface area contributed by atoms with Crippen molar-refractivity contribution in [2.45, 2.75) is 44.1 Å². The fourth-order valence-electron chi connectivity index (χ4n) is 3.36. The second-order valence-corrected chi connectivity index (χ2v) is 5.95. The van der Waals surface area contributed by atoms with Crippen molar-refractivity contribution in [2.75, 3.05) is 11.4 Å². The molecule has 18 heavy (non-hydrogen) atoms. The quantitative estimate of drug-likeness (QED) is 0.817. The minimum absolute atomic E-state index is 0.0603. The lowest BCUT2D eigenvalue weighted by Gasteiger charge is -2.36. The van der Waals surface area contributed by atoms with Gasteiger partial charge in [-0.2, -0.15) is 0 Å². The van der Waals surface area contributed by atoms with Crippen LogP contribution in [0.2, 0.25) is 0 Å². The molecule has 1 aromatic rings. The van der Waals surface area contributed by atoms with E-state index in [1.807, 2.05) is 4.90 Å². The molecule has 3 nitrogen and oxygen atoms in total. The number of carbonyl (C=O) groups excluding carboxylic acids is 1. The van der Waals surface area contributed by atoms with Crippen molar-refractivity contribution in [3.05, 3.63) is 28.8 Å². The molecule has 0 saturated heterocycles. The first-order valence-corrected chi connectivity index (χ1v) is 6.93. The molecule has 0 spiro atoms. The molecular weight excluding hydrogens is 224 g/mol. The summed E-state index contributed by atoms with van der Waals surface area (Å²) in [6.07, 6.45) is 5.94. The Kier molecular flexibility index (Phi) is 1.97. The van der Waals surface area contributed by atoms with E-state index in [-0.39, 0.29) is 5.54 Å². The van der Waals surface area contributed by atoms with Gasteiger partial charge in [0.1, 0.15) is 0 Å². The Hall–Kier alpha value is -1.35. The van der Waals surface area contributed by atoms with Crippen LogP contribution in [0.4, 0.5) is 5.69 Å². The maximum atomic E-state index is 12.0. The van der Waals surface area contributed by atoms with Crippen molar-refractivity contribution in [3.8, 4) is 0 Å². The van der Waals surface area contributed by atoms with E-state index in [1.54, 1.807) is 0 Å². The standard InChI is InChI=1S/C15H18N2O/c16-15(5-6-15)12-8-10-2-1-7-17-13(18)4-3-11(9-12)14(10)17/h8-9H,1-7,16H2. The van der Waals surface area contributed by atoms with Gasteiger partial charge in [-0.05, 0) is 48.8 Å². The van der Waals surface area contributed by atoms with Gasteiger partial charge >= 0.3 is 0 Å². The minimum Gasteiger partial charge on any atom is -0.321 e. The van der Waals surface area contributed by atoms with Crippen molar-refractivity contribution >= 4 is 11.6 Å². The maximum Gasteiger partial charge on any atom is 0.227 e. The van der Waals surface area contributed by atoms with Crippen LogP contribution >= 0.6 is 0 Å². The lowest BCUT2D eigenvalue weighted by atomic mass is 9.88. The summed E-state index contributed by atoms with van der Waals surface area (Å²) in [6.45, 7) is 0.895. The topological polar surface area (TPSA) is 46.3 Å². The van der Waals surface area contributed by atoms with Crippen LogP contribution in [0.25, 0.3) is 0 Å². The van der Waals surface area contributed by atoms with E-state index in [2.05, 4.69) is 12.1 Å². The SMILES string of the molecule is NC1(c2cc3c4c(c2)CCC(=O)N4CCC3)CC1. The summed E-state index contributed by atoms with van der Waals surface area (Å²) in [5.74, 6) is 0.296. The number of rotatable bonds is 1. The molecule has 1 fully saturated rings. The highest BCUT2D eigenvalue weighted by atomic mass is 16.2. The van der Waals surface area contributed by atoms with Crippen LogP contribution < -0.4 is 10.6 Å². The van der Waals surface area contributed by atoms with Crippen LogP contribution in [-0.4, -0.2) is 12.5 Å². The summed E-state index contributed by atoms with van der Waals surface area (Å²) in [4.78, 5) is 14.0. The molecule has 4 rings (SSSR count). The Morgan fingerprint density at radius 1 is 1.11 bits per heavy atom. The summed E-state index contributed by atoms with van der Waals surface area (Å²) in [5.41, 5.74) is 11.5. The van der Waals surface area contributed by atoms with Crippen molar-refractivity contribution in [2.24, 2.45) is 5.73 Å². The summed E-state index contributed by atoms with van der Waals surface area (Å²) in [6, 6.07) is 4.52. The summed E-state index contributed by atoms with van der Waals surface area (Å²) in [5, 5.41) is 0. The maximum absolute atomic E-state index is 12.0. The molecule has 1 saturated carbocycles. The summed E-state index contributed by atoms with van der Waals surface area (Å²) < 4.78 is 0. The first kappa shape index (κ1) is 10.6. The number of amides is 1. The van der Waals surface area contributed by atoms with Crippen molar-refractivity contribution < 1.29 is 4.79 Å². The second-order valence-electron chi connectivity index (χ2n) is 5.95. The molecule has 3 heteroatoms. The molecule has 1 aromatic carbocycles. The van der Waals surface area contributed by atoms with Gasteiger partial charge in [-0.25, -0.2) is 0 Å². The van der Waals surface area contributed by atoms with Crippen molar-refractivity contribution in [1.29, 1.82) is 0 Å². The van der Waals surface area contributed by atoms with Crippen molar-refractivity contribution in [1.82, 2.24) is 0 Å². The number of anilines is 1. The Morgan fingerprint density at radius 2 is 1.83 bits per heavy atom. The highest BCUT2D eigenvalue weighted by molar-refractivity contribution is 5.97. The Labute approximate surface area is 107 Å². The molecule has 3 aliphatic rings. The van der Waals surface area contributed by atoms with E-state index in [0.717, 1.165) is 38.6 Å². The number of benzene rings is 1. The number of aryl methyl sites for hydroxylation is 2. The van der Waals surface area contributed by atoms with Gasteiger partial charge in [-0.15, -0.1) is 0 Å². The fourth-order valence-corrected chi connectivity index (χ4v) is 3.36. The van der Waals surface area contributed by atoms with E-state index in [1.165, 1.54) is 22.4 Å². The highest BCUT2D eigenvalue weighted by Crippen LogP contribution is 2.46. The first-order chi connectivity index (χ1) is 8.67. The molecule has 1 aliphatic carbocycles. The zero-order valence-electron chi connectivity index (χ0n) is 10.5. The van der Waals surface area contributed by atoms with Crippen LogP contribution in [-0.2, 0) is 23.2 Å². The number of hydrogen-bond acceptors (Lipinski definition) is 2. The Balaban J connectivity index is 1.89. The fraction of sp³-hybridized carbons (Fsp3) is 0.533. The number of nitrogens with zero attached hydrogens (tertiary/aromatic N) is 1. The van der Waals surface area contributed by atoms with Gasteiger partial charge in [0.2, 0.25) is 5.91 Å². The van der Waals surface area contributed by atoms with Crippen molar-refractivity contribution in [3.63, 3.8) is 0 Å². The van der Waals surface area contributed by atoms with E-state index in [9.17, 15) is 4.79 Å². The minimum atomic E-state index is -0.0603. The highest BCUT2D eigenvalue weighted by Gasteiger charge is 2.41. The zero-order chi connectivity index (χ0) is 12.3. The molecule has 0 atom stereocenters. The van der Waals surface area contributed by atoms with Gasteiger partial charge in [-0.3, -0.25) is 4.79 Å². The molecule has 0 aromatic heterocycles. The number of carbonyl (C=O) groups is 1. The van der Waals surface area contributed by atoms with E-state index >= 15 is 0 Å². The van der Waals surface area contributed by atoms with E-state index in [0.29, 0.717) is 12.3 Å². The van der Waals surface area contributed by atoms with Gasteiger partial charge in [0.15, 0.2) is 0 Å². The van der Waals surface area contributed by atoms with Gasteiger partial charge < -0.3 is 10.6 Å². The number of nitrogens with two attached hydrogens (primary N) is 1.